The van der Waals surface area contributed by atoms with Crippen LogP contribution in [0.2, 0.25) is 0 Å². The van der Waals surface area contributed by atoms with Crippen molar-refractivity contribution in [2.24, 2.45) is 13.0 Å². The highest BCUT2D eigenvalue weighted by molar-refractivity contribution is 7.92. The summed E-state index contributed by atoms with van der Waals surface area (Å²) in [6, 6.07) is 8.59. The minimum atomic E-state index is -3.78. The van der Waals surface area contributed by atoms with E-state index in [0.717, 1.165) is 24.8 Å². The molecule has 1 aliphatic rings. The van der Waals surface area contributed by atoms with E-state index in [9.17, 15) is 8.42 Å². The highest BCUT2D eigenvalue weighted by atomic mass is 32.2. The van der Waals surface area contributed by atoms with Crippen molar-refractivity contribution in [2.75, 3.05) is 4.72 Å². The van der Waals surface area contributed by atoms with Crippen LogP contribution < -0.4 is 9.46 Å². The maximum Gasteiger partial charge on any atom is 0.263 e. The van der Waals surface area contributed by atoms with Gasteiger partial charge in [0.2, 0.25) is 0 Å². The largest absolute Gasteiger partial charge is 0.486 e. The predicted molar refractivity (Wildman–Crippen MR) is 131 cm³/mol. The third kappa shape index (κ3) is 4.94. The summed E-state index contributed by atoms with van der Waals surface area (Å²) in [6.07, 6.45) is 10.3. The molecule has 3 aromatic rings. The number of nitrogens with one attached hydrogen (secondary N) is 1. The van der Waals surface area contributed by atoms with Crippen molar-refractivity contribution in [1.82, 2.24) is 19.7 Å². The molecule has 2 aromatic heterocycles. The van der Waals surface area contributed by atoms with E-state index in [1.54, 1.807) is 18.2 Å². The summed E-state index contributed by atoms with van der Waals surface area (Å²) in [4.78, 5) is 7.93. The molecule has 34 heavy (non-hydrogen) atoms. The molecule has 9 heteroatoms. The maximum atomic E-state index is 12.9. The summed E-state index contributed by atoms with van der Waals surface area (Å²) < 4.78 is 37.0. The molecular weight excluding hydrogens is 450 g/mol. The van der Waals surface area contributed by atoms with Gasteiger partial charge >= 0.3 is 0 Å². The lowest BCUT2D eigenvalue weighted by Crippen LogP contribution is -2.47. The first-order valence-electron chi connectivity index (χ1n) is 11.8. The molecule has 0 saturated heterocycles. The molecule has 3 atom stereocenters. The van der Waals surface area contributed by atoms with Gasteiger partial charge in [-0.1, -0.05) is 26.2 Å². The fraction of sp³-hybridized carbons (Fsp3) is 0.480. The smallest absolute Gasteiger partial charge is 0.263 e. The van der Waals surface area contributed by atoms with E-state index in [0.29, 0.717) is 11.7 Å². The van der Waals surface area contributed by atoms with Gasteiger partial charge < -0.3 is 4.74 Å². The molecule has 1 saturated carbocycles. The summed E-state index contributed by atoms with van der Waals surface area (Å²) >= 11 is 0. The number of anilines is 1. The lowest BCUT2D eigenvalue weighted by atomic mass is 9.71. The molecule has 4 rings (SSSR count). The van der Waals surface area contributed by atoms with E-state index in [-0.39, 0.29) is 16.6 Å². The Balaban J connectivity index is 1.65. The molecule has 1 N–H and O–H groups in total. The second kappa shape index (κ2) is 9.74. The third-order valence-electron chi connectivity index (χ3n) is 7.12. The van der Waals surface area contributed by atoms with Crippen LogP contribution in [0.3, 0.4) is 0 Å². The standard InChI is InChI=1S/C25H33N5O3S/c1-18-16-20(34(31,32)29-24-13-14-26-17-27-24)10-11-23(18)33-25(3)19(2)8-6-5-7-9-21(25)22-12-15-28-30(22)4/h10-17,19,21H,5-9H2,1-4H3,(H,26,27,29)/t19-,21+,25+/m0/s1. The number of sulfonamides is 1. The van der Waals surface area contributed by atoms with Crippen molar-refractivity contribution in [2.45, 2.75) is 69.3 Å². The Kier molecular flexibility index (Phi) is 6.93. The van der Waals surface area contributed by atoms with Gasteiger partial charge in [-0.05, 0) is 68.5 Å². The Morgan fingerprint density at radius 2 is 1.91 bits per heavy atom. The molecule has 8 nitrogen and oxygen atoms in total. The van der Waals surface area contributed by atoms with Crippen LogP contribution in [0.15, 0.2) is 53.9 Å². The quantitative estimate of drug-likeness (QED) is 0.539. The number of benzene rings is 1. The number of rotatable bonds is 6. The first-order chi connectivity index (χ1) is 16.2. The molecule has 0 aliphatic heterocycles. The summed E-state index contributed by atoms with van der Waals surface area (Å²) in [7, 11) is -1.80. The average molecular weight is 484 g/mol. The summed E-state index contributed by atoms with van der Waals surface area (Å²) in [5, 5.41) is 4.41. The molecule has 0 spiro atoms. The molecule has 0 radical (unpaired) electrons. The Morgan fingerprint density at radius 3 is 2.59 bits per heavy atom. The summed E-state index contributed by atoms with van der Waals surface area (Å²) in [5.74, 6) is 1.42. The monoisotopic (exact) mass is 483 g/mol. The van der Waals surface area contributed by atoms with Gasteiger partial charge in [-0.15, -0.1) is 0 Å². The zero-order chi connectivity index (χ0) is 24.3. The first-order valence-corrected chi connectivity index (χ1v) is 13.3. The molecule has 0 amide bonds. The minimum absolute atomic E-state index is 0.162. The number of hydrogen-bond acceptors (Lipinski definition) is 6. The van der Waals surface area contributed by atoms with E-state index in [1.807, 2.05) is 24.9 Å². The van der Waals surface area contributed by atoms with Gasteiger partial charge in [0, 0.05) is 31.1 Å². The number of ether oxygens (including phenoxy) is 1. The van der Waals surface area contributed by atoms with Crippen molar-refractivity contribution >= 4 is 15.8 Å². The van der Waals surface area contributed by atoms with Crippen LogP contribution in [0.25, 0.3) is 0 Å². The summed E-state index contributed by atoms with van der Waals surface area (Å²) in [5.41, 5.74) is 1.48. The number of nitrogens with zero attached hydrogens (tertiary/aromatic N) is 4. The Hall–Kier alpha value is -2.94. The predicted octanol–water partition coefficient (Wildman–Crippen LogP) is 4.84. The van der Waals surface area contributed by atoms with Crippen molar-refractivity contribution in [3.8, 4) is 5.75 Å². The molecule has 0 unspecified atom stereocenters. The van der Waals surface area contributed by atoms with Gasteiger partial charge in [-0.2, -0.15) is 5.10 Å². The van der Waals surface area contributed by atoms with Crippen LogP contribution >= 0.6 is 0 Å². The minimum Gasteiger partial charge on any atom is -0.486 e. The van der Waals surface area contributed by atoms with Gasteiger partial charge in [0.25, 0.3) is 10.0 Å². The second-order valence-corrected chi connectivity index (χ2v) is 11.1. The molecule has 1 aromatic carbocycles. The Bertz CT molecular complexity index is 1230. The maximum absolute atomic E-state index is 12.9. The van der Waals surface area contributed by atoms with Crippen LogP contribution in [0.4, 0.5) is 5.82 Å². The van der Waals surface area contributed by atoms with E-state index >= 15 is 0 Å². The van der Waals surface area contributed by atoms with Gasteiger partial charge in [-0.3, -0.25) is 9.40 Å². The number of aryl methyl sites for hydroxylation is 2. The lowest BCUT2D eigenvalue weighted by molar-refractivity contribution is -0.00941. The van der Waals surface area contributed by atoms with Crippen LogP contribution in [-0.2, 0) is 17.1 Å². The topological polar surface area (TPSA) is 99.0 Å². The van der Waals surface area contributed by atoms with Crippen molar-refractivity contribution in [3.63, 3.8) is 0 Å². The fourth-order valence-corrected chi connectivity index (χ4v) is 6.01. The SMILES string of the molecule is Cc1cc(S(=O)(=O)Nc2ccncn2)ccc1O[C@@]1(C)[C@@H](c2ccnn2C)CCCCC[C@@H]1C. The van der Waals surface area contributed by atoms with Crippen LogP contribution in [0.1, 0.15) is 63.1 Å². The molecule has 2 heterocycles. The van der Waals surface area contributed by atoms with E-state index in [2.05, 4.69) is 39.7 Å². The number of hydrogen-bond donors (Lipinski definition) is 1. The van der Waals surface area contributed by atoms with Gasteiger partial charge in [0.05, 0.1) is 4.90 Å². The zero-order valence-electron chi connectivity index (χ0n) is 20.2. The Labute approximate surface area is 201 Å². The van der Waals surface area contributed by atoms with Gasteiger partial charge in [-0.25, -0.2) is 18.4 Å². The molecular formula is C25H33N5O3S. The second-order valence-electron chi connectivity index (χ2n) is 9.38. The van der Waals surface area contributed by atoms with E-state index in [1.165, 1.54) is 37.1 Å². The highest BCUT2D eigenvalue weighted by Gasteiger charge is 2.44. The zero-order valence-corrected chi connectivity index (χ0v) is 21.0. The third-order valence-corrected chi connectivity index (χ3v) is 8.48. The average Bonchev–Trinajstić information content (AvgIpc) is 3.22. The van der Waals surface area contributed by atoms with Crippen LogP contribution in [0, 0.1) is 12.8 Å². The van der Waals surface area contributed by atoms with Gasteiger partial charge in [0.1, 0.15) is 23.5 Å². The molecule has 0 bridgehead atoms. The highest BCUT2D eigenvalue weighted by Crippen LogP contribution is 2.45. The van der Waals surface area contributed by atoms with Crippen molar-refractivity contribution < 1.29 is 13.2 Å². The van der Waals surface area contributed by atoms with Crippen LogP contribution in [0.5, 0.6) is 5.75 Å². The lowest BCUT2D eigenvalue weighted by Gasteiger charge is -2.44. The van der Waals surface area contributed by atoms with Gasteiger partial charge in [0.15, 0.2) is 0 Å². The van der Waals surface area contributed by atoms with Crippen molar-refractivity contribution in [1.29, 1.82) is 0 Å². The summed E-state index contributed by atoms with van der Waals surface area (Å²) in [6.45, 7) is 6.34. The number of aromatic nitrogens is 4. The van der Waals surface area contributed by atoms with Crippen molar-refractivity contribution in [3.05, 3.63) is 60.3 Å². The van der Waals surface area contributed by atoms with Crippen LogP contribution in [-0.4, -0.2) is 33.8 Å². The van der Waals surface area contributed by atoms with E-state index < -0.39 is 15.6 Å². The fourth-order valence-electron chi connectivity index (χ4n) is 4.92. The molecule has 182 valence electrons. The first kappa shape index (κ1) is 24.2. The normalized spacial score (nSPS) is 23.6. The van der Waals surface area contributed by atoms with E-state index in [4.69, 9.17) is 4.74 Å². The Morgan fingerprint density at radius 1 is 1.12 bits per heavy atom. The molecule has 1 aliphatic carbocycles. The molecule has 1 fully saturated rings.